The summed E-state index contributed by atoms with van der Waals surface area (Å²) in [6, 6.07) is 11.8. The van der Waals surface area contributed by atoms with Crippen molar-refractivity contribution in [1.29, 1.82) is 0 Å². The molecule has 0 fully saturated rings. The largest absolute Gasteiger partial charge is 0.0939 e. The van der Waals surface area contributed by atoms with Gasteiger partial charge in [0.15, 0.2) is 0 Å². The van der Waals surface area contributed by atoms with Gasteiger partial charge in [0, 0.05) is 7.26 Å². The Bertz CT molecular complexity index is 423. The van der Waals surface area contributed by atoms with Gasteiger partial charge in [-0.3, -0.25) is 0 Å². The zero-order valence-electron chi connectivity index (χ0n) is 19.6. The Hall–Kier alpha value is -0.350. The number of hydrogen-bond donors (Lipinski definition) is 0. The molecule has 0 N–H and O–H groups in total. The van der Waals surface area contributed by atoms with Crippen LogP contribution in [-0.2, 0) is 0 Å². The summed E-state index contributed by atoms with van der Waals surface area (Å²) < 4.78 is 0. The molecule has 28 heavy (non-hydrogen) atoms. The molecule has 1 rings (SSSR count). The van der Waals surface area contributed by atoms with Gasteiger partial charge in [-0.05, 0) is 44.2 Å². The predicted octanol–water partition coefficient (Wildman–Crippen LogP) is 9.24. The van der Waals surface area contributed by atoms with E-state index in [0.29, 0.717) is 0 Å². The first kappa shape index (κ1) is 25.7. The van der Waals surface area contributed by atoms with Gasteiger partial charge in [-0.2, -0.15) is 0 Å². The Labute approximate surface area is 178 Å². The van der Waals surface area contributed by atoms with E-state index in [2.05, 4.69) is 51.1 Å². The van der Waals surface area contributed by atoms with Crippen molar-refractivity contribution in [3.05, 3.63) is 30.3 Å². The molecular weight excluding hydrogens is 355 g/mol. The Balaban J connectivity index is 2.70. The van der Waals surface area contributed by atoms with Crippen LogP contribution in [0.15, 0.2) is 30.3 Å². The molecular formula is C27H50P+. The van der Waals surface area contributed by atoms with E-state index in [4.69, 9.17) is 0 Å². The minimum atomic E-state index is -0.989. The van der Waals surface area contributed by atoms with Crippen molar-refractivity contribution >= 4 is 12.6 Å². The van der Waals surface area contributed by atoms with Crippen LogP contribution in [0.3, 0.4) is 0 Å². The number of hydrogen-bond acceptors (Lipinski definition) is 0. The first-order chi connectivity index (χ1) is 13.8. The summed E-state index contributed by atoms with van der Waals surface area (Å²) >= 11 is 0. The number of unbranched alkanes of at least 4 members (excludes halogenated alkanes) is 12. The molecule has 0 atom stereocenters. The normalized spacial score (nSPS) is 11.8. The lowest BCUT2D eigenvalue weighted by atomic mass is 10.1. The monoisotopic (exact) mass is 405 g/mol. The molecule has 0 saturated carbocycles. The van der Waals surface area contributed by atoms with Crippen LogP contribution in [0.25, 0.3) is 0 Å². The van der Waals surface area contributed by atoms with Crippen LogP contribution in [0.1, 0.15) is 117 Å². The molecule has 0 spiro atoms. The molecule has 0 aliphatic rings. The highest BCUT2D eigenvalue weighted by molar-refractivity contribution is 7.82. The molecule has 0 aliphatic heterocycles. The summed E-state index contributed by atoms with van der Waals surface area (Å²) in [4.78, 5) is 0. The Kier molecular flexibility index (Phi) is 16.1. The maximum absolute atomic E-state index is 2.48. The van der Waals surface area contributed by atoms with E-state index in [1.54, 1.807) is 5.30 Å². The molecule has 0 amide bonds. The van der Waals surface area contributed by atoms with E-state index < -0.39 is 7.26 Å². The van der Waals surface area contributed by atoms with Gasteiger partial charge in [0.2, 0.25) is 0 Å². The van der Waals surface area contributed by atoms with Crippen molar-refractivity contribution < 1.29 is 0 Å². The number of benzene rings is 1. The van der Waals surface area contributed by atoms with E-state index in [-0.39, 0.29) is 0 Å². The van der Waals surface area contributed by atoms with Crippen LogP contribution < -0.4 is 5.30 Å². The molecule has 0 nitrogen and oxygen atoms in total. The van der Waals surface area contributed by atoms with E-state index in [9.17, 15) is 0 Å². The van der Waals surface area contributed by atoms with Crippen LogP contribution >= 0.6 is 7.26 Å². The van der Waals surface area contributed by atoms with Gasteiger partial charge in [-0.1, -0.05) is 103 Å². The van der Waals surface area contributed by atoms with Crippen LogP contribution in [0.5, 0.6) is 0 Å². The van der Waals surface area contributed by atoms with Gasteiger partial charge in [0.25, 0.3) is 0 Å². The molecule has 0 heterocycles. The molecule has 0 radical (unpaired) electrons. The van der Waals surface area contributed by atoms with Gasteiger partial charge in [-0.25, -0.2) is 0 Å². The highest BCUT2D eigenvalue weighted by Gasteiger charge is 2.38. The molecule has 0 bridgehead atoms. The maximum Gasteiger partial charge on any atom is 0.0939 e. The van der Waals surface area contributed by atoms with Crippen molar-refractivity contribution in [3.8, 4) is 0 Å². The summed E-state index contributed by atoms with van der Waals surface area (Å²) in [5.74, 6) is 0. The van der Waals surface area contributed by atoms with E-state index in [1.165, 1.54) is 115 Å². The van der Waals surface area contributed by atoms with Crippen molar-refractivity contribution in [3.63, 3.8) is 0 Å². The van der Waals surface area contributed by atoms with Crippen LogP contribution in [-0.4, -0.2) is 18.5 Å². The van der Waals surface area contributed by atoms with E-state index in [0.717, 1.165) is 0 Å². The second kappa shape index (κ2) is 17.5. The van der Waals surface area contributed by atoms with Gasteiger partial charge in [-0.15, -0.1) is 0 Å². The zero-order valence-corrected chi connectivity index (χ0v) is 20.5. The zero-order chi connectivity index (χ0) is 20.3. The van der Waals surface area contributed by atoms with Crippen LogP contribution in [0.2, 0.25) is 0 Å². The Morgan fingerprint density at radius 2 is 0.821 bits per heavy atom. The summed E-state index contributed by atoms with van der Waals surface area (Å²) in [6.45, 7) is 6.99. The topological polar surface area (TPSA) is 0 Å². The average Bonchev–Trinajstić information content (AvgIpc) is 2.73. The lowest BCUT2D eigenvalue weighted by Crippen LogP contribution is -2.21. The maximum atomic E-state index is 2.48. The Morgan fingerprint density at radius 3 is 1.29 bits per heavy atom. The van der Waals surface area contributed by atoms with E-state index in [1.807, 2.05) is 0 Å². The fraction of sp³-hybridized carbons (Fsp3) is 0.778. The van der Waals surface area contributed by atoms with Gasteiger partial charge < -0.3 is 0 Å². The SMILES string of the molecule is CCCCCCCC[P+](CCCCC)(CCCCCCCC)c1ccccc1. The molecule has 162 valence electrons. The minimum absolute atomic E-state index is 0.989. The molecule has 0 saturated heterocycles. The lowest BCUT2D eigenvalue weighted by molar-refractivity contribution is 0.620. The molecule has 1 aromatic rings. The average molecular weight is 406 g/mol. The molecule has 0 unspecified atom stereocenters. The quantitative estimate of drug-likeness (QED) is 0.159. The highest BCUT2D eigenvalue weighted by atomic mass is 31.2. The number of rotatable bonds is 19. The first-order valence-corrected chi connectivity index (χ1v) is 15.0. The van der Waals surface area contributed by atoms with Gasteiger partial charge in [0.05, 0.1) is 23.8 Å². The lowest BCUT2D eigenvalue weighted by Gasteiger charge is -2.28. The van der Waals surface area contributed by atoms with Crippen molar-refractivity contribution in [2.75, 3.05) is 18.5 Å². The van der Waals surface area contributed by atoms with Crippen molar-refractivity contribution in [2.24, 2.45) is 0 Å². The minimum Gasteiger partial charge on any atom is -0.0654 e. The van der Waals surface area contributed by atoms with Gasteiger partial charge in [0.1, 0.15) is 0 Å². The fourth-order valence-electron chi connectivity index (χ4n) is 4.52. The summed E-state index contributed by atoms with van der Waals surface area (Å²) in [5.41, 5.74) is 0. The standard InChI is InChI=1S/C27H50P/c1-4-7-10-12-14-20-25-28(24-19-9-6-3,27-22-17-16-18-23-27)26-21-15-13-11-8-5-2/h16-18,22-23H,4-15,19-21,24-26H2,1-3H3/q+1. The predicted molar refractivity (Wildman–Crippen MR) is 134 cm³/mol. The van der Waals surface area contributed by atoms with Crippen molar-refractivity contribution in [2.45, 2.75) is 117 Å². The fourth-order valence-corrected chi connectivity index (χ4v) is 9.26. The molecule has 1 heteroatoms. The molecule has 1 aromatic carbocycles. The summed E-state index contributed by atoms with van der Waals surface area (Å²) in [5, 5.41) is 1.74. The third kappa shape index (κ3) is 11.0. The third-order valence-electron chi connectivity index (χ3n) is 6.37. The van der Waals surface area contributed by atoms with E-state index >= 15 is 0 Å². The highest BCUT2D eigenvalue weighted by Crippen LogP contribution is 2.59. The second-order valence-electron chi connectivity index (χ2n) is 8.89. The smallest absolute Gasteiger partial charge is 0.0654 e. The van der Waals surface area contributed by atoms with Crippen LogP contribution in [0.4, 0.5) is 0 Å². The van der Waals surface area contributed by atoms with Crippen molar-refractivity contribution in [1.82, 2.24) is 0 Å². The Morgan fingerprint density at radius 1 is 0.464 bits per heavy atom. The summed E-state index contributed by atoms with van der Waals surface area (Å²) in [7, 11) is -0.989. The second-order valence-corrected chi connectivity index (χ2v) is 13.0. The van der Waals surface area contributed by atoms with Gasteiger partial charge >= 0.3 is 0 Å². The molecule has 0 aliphatic carbocycles. The summed E-state index contributed by atoms with van der Waals surface area (Å²) in [6.07, 6.45) is 26.0. The third-order valence-corrected chi connectivity index (χ3v) is 11.3. The molecule has 0 aromatic heterocycles. The first-order valence-electron chi connectivity index (χ1n) is 12.7. The van der Waals surface area contributed by atoms with Crippen LogP contribution in [0, 0.1) is 0 Å².